The predicted molar refractivity (Wildman–Crippen MR) is 84.2 cm³/mol. The van der Waals surface area contributed by atoms with E-state index in [0.717, 1.165) is 16.0 Å². The number of rotatable bonds is 3. The van der Waals surface area contributed by atoms with Crippen LogP contribution in [-0.2, 0) is 9.59 Å². The fourth-order valence-electron chi connectivity index (χ4n) is 2.09. The van der Waals surface area contributed by atoms with Crippen LogP contribution in [0.1, 0.15) is 12.8 Å². The summed E-state index contributed by atoms with van der Waals surface area (Å²) in [5, 5.41) is 8.41. The van der Waals surface area contributed by atoms with Gasteiger partial charge < -0.3 is 4.74 Å². The smallest absolute Gasteiger partial charge is 0.273 e. The van der Waals surface area contributed by atoms with Crippen molar-refractivity contribution in [1.29, 1.82) is 0 Å². The summed E-state index contributed by atoms with van der Waals surface area (Å²) in [5.41, 5.74) is 1.12. The van der Waals surface area contributed by atoms with E-state index in [-0.39, 0.29) is 11.8 Å². The number of amides is 2. The number of carbonyl (C=O) groups is 2. The maximum absolute atomic E-state index is 12.2. The Morgan fingerprint density at radius 3 is 2.95 bits per heavy atom. The van der Waals surface area contributed by atoms with E-state index in [1.807, 2.05) is 18.2 Å². The molecule has 2 aromatic rings. The number of anilines is 1. The second-order valence-corrected chi connectivity index (χ2v) is 5.80. The molecule has 0 bridgehead atoms. The van der Waals surface area contributed by atoms with E-state index in [4.69, 9.17) is 4.74 Å². The Hall–Kier alpha value is -2.48. The van der Waals surface area contributed by atoms with Gasteiger partial charge in [0.15, 0.2) is 5.13 Å². The molecular weight excluding hydrogens is 304 g/mol. The van der Waals surface area contributed by atoms with Gasteiger partial charge in [0.05, 0.1) is 17.3 Å². The predicted octanol–water partition coefficient (Wildman–Crippen LogP) is 1.85. The van der Waals surface area contributed by atoms with Gasteiger partial charge in [-0.15, -0.1) is 0 Å². The van der Waals surface area contributed by atoms with Crippen LogP contribution in [0.5, 0.6) is 5.75 Å². The monoisotopic (exact) mass is 318 g/mol. The fraction of sp³-hybridized carbons (Fsp3) is 0.286. The first-order valence-corrected chi connectivity index (χ1v) is 7.48. The molecular formula is C14H14N4O3S. The van der Waals surface area contributed by atoms with Crippen molar-refractivity contribution in [1.82, 2.24) is 9.99 Å². The van der Waals surface area contributed by atoms with E-state index in [1.165, 1.54) is 16.3 Å². The Bertz CT molecular complexity index is 783. The highest BCUT2D eigenvalue weighted by Gasteiger charge is 2.22. The molecule has 2 heterocycles. The topological polar surface area (TPSA) is 83.9 Å². The summed E-state index contributed by atoms with van der Waals surface area (Å²) in [5.74, 6) is 0.319. The molecule has 1 N–H and O–H groups in total. The minimum atomic E-state index is -0.328. The third-order valence-electron chi connectivity index (χ3n) is 3.29. The van der Waals surface area contributed by atoms with Crippen LogP contribution >= 0.6 is 11.3 Å². The van der Waals surface area contributed by atoms with Crippen LogP contribution in [0.25, 0.3) is 10.2 Å². The first-order chi connectivity index (χ1) is 10.6. The third kappa shape index (κ3) is 2.77. The van der Waals surface area contributed by atoms with Gasteiger partial charge >= 0.3 is 0 Å². The number of nitrogens with one attached hydrogen (secondary N) is 1. The van der Waals surface area contributed by atoms with Crippen molar-refractivity contribution < 1.29 is 14.3 Å². The average molecular weight is 318 g/mol. The number of nitrogens with zero attached hydrogens (tertiary/aromatic N) is 3. The fourth-order valence-corrected chi connectivity index (χ4v) is 2.98. The molecule has 0 saturated carbocycles. The first kappa shape index (κ1) is 14.5. The van der Waals surface area contributed by atoms with E-state index >= 15 is 0 Å². The van der Waals surface area contributed by atoms with Gasteiger partial charge in [-0.05, 0) is 18.2 Å². The standard InChI is InChI=1S/C14H14N4O3S/c1-18-12(19)6-5-10(17-18)13(20)16-14-15-9-4-3-8(21-2)7-11(9)22-14/h3-4,7H,5-6H2,1-2H3,(H,15,16,20). The number of hydrazone groups is 1. The van der Waals surface area contributed by atoms with Gasteiger partial charge in [0.25, 0.3) is 5.91 Å². The van der Waals surface area contributed by atoms with Crippen LogP contribution in [-0.4, -0.2) is 41.7 Å². The molecule has 0 radical (unpaired) electrons. The second kappa shape index (κ2) is 5.72. The first-order valence-electron chi connectivity index (χ1n) is 6.67. The maximum atomic E-state index is 12.2. The molecule has 114 valence electrons. The summed E-state index contributed by atoms with van der Waals surface area (Å²) in [6, 6.07) is 5.53. The zero-order valence-electron chi connectivity index (χ0n) is 12.1. The zero-order valence-corrected chi connectivity index (χ0v) is 12.9. The molecule has 8 heteroatoms. The van der Waals surface area contributed by atoms with Gasteiger partial charge in [-0.2, -0.15) is 5.10 Å². The third-order valence-corrected chi connectivity index (χ3v) is 4.22. The molecule has 0 unspecified atom stereocenters. The molecule has 1 aromatic carbocycles. The van der Waals surface area contributed by atoms with Gasteiger partial charge in [-0.25, -0.2) is 9.99 Å². The van der Waals surface area contributed by atoms with E-state index in [1.54, 1.807) is 14.2 Å². The Labute approximate surface area is 130 Å². The van der Waals surface area contributed by atoms with Gasteiger partial charge in [-0.1, -0.05) is 11.3 Å². The Morgan fingerprint density at radius 2 is 2.23 bits per heavy atom. The van der Waals surface area contributed by atoms with Crippen LogP contribution < -0.4 is 10.1 Å². The molecule has 22 heavy (non-hydrogen) atoms. The quantitative estimate of drug-likeness (QED) is 0.936. The highest BCUT2D eigenvalue weighted by Crippen LogP contribution is 2.29. The molecule has 2 amide bonds. The van der Waals surface area contributed by atoms with E-state index in [9.17, 15) is 9.59 Å². The zero-order chi connectivity index (χ0) is 15.7. The summed E-state index contributed by atoms with van der Waals surface area (Å²) in [4.78, 5) is 27.9. The summed E-state index contributed by atoms with van der Waals surface area (Å²) in [6.07, 6.45) is 0.632. The lowest BCUT2D eigenvalue weighted by Crippen LogP contribution is -2.34. The van der Waals surface area contributed by atoms with Crippen LogP contribution in [0, 0.1) is 0 Å². The summed E-state index contributed by atoms with van der Waals surface area (Å²) < 4.78 is 6.09. The Kier molecular flexibility index (Phi) is 3.76. The normalized spacial score (nSPS) is 14.9. The largest absolute Gasteiger partial charge is 0.497 e. The lowest BCUT2D eigenvalue weighted by atomic mass is 10.1. The average Bonchev–Trinajstić information content (AvgIpc) is 2.90. The molecule has 1 aliphatic rings. The number of benzene rings is 1. The Balaban J connectivity index is 1.79. The minimum Gasteiger partial charge on any atom is -0.497 e. The molecule has 0 saturated heterocycles. The van der Waals surface area contributed by atoms with Crippen LogP contribution in [0.2, 0.25) is 0 Å². The summed E-state index contributed by atoms with van der Waals surface area (Å²) in [6.45, 7) is 0. The molecule has 0 spiro atoms. The number of ether oxygens (including phenoxy) is 1. The van der Waals surface area contributed by atoms with E-state index < -0.39 is 0 Å². The molecule has 0 aliphatic carbocycles. The molecule has 1 aromatic heterocycles. The lowest BCUT2D eigenvalue weighted by molar-refractivity contribution is -0.130. The highest BCUT2D eigenvalue weighted by molar-refractivity contribution is 7.22. The molecule has 3 rings (SSSR count). The lowest BCUT2D eigenvalue weighted by Gasteiger charge is -2.18. The summed E-state index contributed by atoms with van der Waals surface area (Å²) >= 11 is 1.36. The van der Waals surface area contributed by atoms with Crippen molar-refractivity contribution in [2.75, 3.05) is 19.5 Å². The van der Waals surface area contributed by atoms with Crippen molar-refractivity contribution in [3.8, 4) is 5.75 Å². The summed E-state index contributed by atoms with van der Waals surface area (Å²) in [7, 11) is 3.14. The second-order valence-electron chi connectivity index (χ2n) is 4.77. The number of hydrogen-bond donors (Lipinski definition) is 1. The van der Waals surface area contributed by atoms with Crippen LogP contribution in [0.3, 0.4) is 0 Å². The van der Waals surface area contributed by atoms with Crippen LogP contribution in [0.15, 0.2) is 23.3 Å². The van der Waals surface area contributed by atoms with Crippen LogP contribution in [0.4, 0.5) is 5.13 Å². The minimum absolute atomic E-state index is 0.0939. The van der Waals surface area contributed by atoms with Crippen molar-refractivity contribution in [3.05, 3.63) is 18.2 Å². The number of fused-ring (bicyclic) bond motifs is 1. The van der Waals surface area contributed by atoms with Gasteiger partial charge in [0, 0.05) is 19.9 Å². The SMILES string of the molecule is COc1ccc2nc(NC(=O)C3=NN(C)C(=O)CC3)sc2c1. The van der Waals surface area contributed by atoms with Crippen molar-refractivity contribution in [2.24, 2.45) is 5.10 Å². The maximum Gasteiger partial charge on any atom is 0.273 e. The number of carbonyl (C=O) groups excluding carboxylic acids is 2. The van der Waals surface area contributed by atoms with E-state index in [2.05, 4.69) is 15.4 Å². The number of hydrogen-bond acceptors (Lipinski definition) is 6. The number of thiazole rings is 1. The molecule has 7 nitrogen and oxygen atoms in total. The highest BCUT2D eigenvalue weighted by atomic mass is 32.1. The van der Waals surface area contributed by atoms with Crippen molar-refractivity contribution in [2.45, 2.75) is 12.8 Å². The van der Waals surface area contributed by atoms with Gasteiger partial charge in [0.2, 0.25) is 5.91 Å². The van der Waals surface area contributed by atoms with Crippen molar-refractivity contribution in [3.63, 3.8) is 0 Å². The molecule has 1 aliphatic heterocycles. The number of methoxy groups -OCH3 is 1. The van der Waals surface area contributed by atoms with Crippen molar-refractivity contribution >= 4 is 44.2 Å². The number of aromatic nitrogens is 1. The van der Waals surface area contributed by atoms with E-state index in [0.29, 0.717) is 23.7 Å². The molecule has 0 fully saturated rings. The Morgan fingerprint density at radius 1 is 1.41 bits per heavy atom. The van der Waals surface area contributed by atoms with Gasteiger partial charge in [-0.3, -0.25) is 14.9 Å². The molecule has 0 atom stereocenters. The van der Waals surface area contributed by atoms with Gasteiger partial charge in [0.1, 0.15) is 11.5 Å².